The van der Waals surface area contributed by atoms with Gasteiger partial charge in [-0.1, -0.05) is 359 Å². The van der Waals surface area contributed by atoms with Crippen molar-refractivity contribution in [1.29, 1.82) is 0 Å². The lowest BCUT2D eigenvalue weighted by molar-refractivity contribution is -0.870. The fraction of sp³-hybridized carbons (Fsp3) is 0.923. The molecular weight excluding hydrogens is 1110 g/mol. The van der Waals surface area contributed by atoms with Crippen LogP contribution in [0.4, 0.5) is 0 Å². The van der Waals surface area contributed by atoms with Crippen molar-refractivity contribution in [3.05, 3.63) is 24.3 Å². The molecule has 9 nitrogen and oxygen atoms in total. The molecule has 522 valence electrons. The highest BCUT2D eigenvalue weighted by Crippen LogP contribution is 2.38. The summed E-state index contributed by atoms with van der Waals surface area (Å²) in [5.41, 5.74) is 0. The maximum Gasteiger partial charge on any atom is 0.306 e. The van der Waals surface area contributed by atoms with Crippen LogP contribution in [0.15, 0.2) is 24.3 Å². The molecule has 0 saturated heterocycles. The van der Waals surface area contributed by atoms with E-state index >= 15 is 0 Å². The minimum Gasteiger partial charge on any atom is -0.756 e. The first-order valence-electron chi connectivity index (χ1n) is 39.0. The second-order valence-corrected chi connectivity index (χ2v) is 29.5. The van der Waals surface area contributed by atoms with Crippen LogP contribution in [0.3, 0.4) is 0 Å². The van der Waals surface area contributed by atoms with Crippen LogP contribution in [-0.4, -0.2) is 70.0 Å². The van der Waals surface area contributed by atoms with Crippen LogP contribution in [0.2, 0.25) is 0 Å². The van der Waals surface area contributed by atoms with E-state index in [1.54, 1.807) is 0 Å². The lowest BCUT2D eigenvalue weighted by Crippen LogP contribution is -2.37. The fourth-order valence-electron chi connectivity index (χ4n) is 11.9. The number of esters is 2. The zero-order valence-electron chi connectivity index (χ0n) is 59.7. The number of unbranched alkanes of at least 4 members (excludes halogenated alkanes) is 56. The summed E-state index contributed by atoms with van der Waals surface area (Å²) < 4.78 is 34.4. The van der Waals surface area contributed by atoms with Gasteiger partial charge in [0.2, 0.25) is 0 Å². The molecule has 2 unspecified atom stereocenters. The maximum atomic E-state index is 12.9. The predicted octanol–water partition coefficient (Wildman–Crippen LogP) is 25.0. The lowest BCUT2D eigenvalue weighted by atomic mass is 10.0. The van der Waals surface area contributed by atoms with Crippen LogP contribution in [0.25, 0.3) is 0 Å². The van der Waals surface area contributed by atoms with Crippen molar-refractivity contribution in [2.75, 3.05) is 47.5 Å². The topological polar surface area (TPSA) is 111 Å². The maximum absolute atomic E-state index is 12.9. The van der Waals surface area contributed by atoms with Crippen LogP contribution in [0.1, 0.15) is 412 Å². The average Bonchev–Trinajstić information content (AvgIpc) is 3.56. The van der Waals surface area contributed by atoms with E-state index in [1.807, 2.05) is 21.1 Å². The fourth-order valence-corrected chi connectivity index (χ4v) is 12.7. The summed E-state index contributed by atoms with van der Waals surface area (Å²) in [6, 6.07) is 0. The Balaban J connectivity index is 3.92. The standard InChI is InChI=1S/C78H152NO8P/c1-6-8-10-12-14-16-18-20-22-24-26-28-30-32-34-36-38-39-41-43-45-47-49-51-53-55-57-59-61-63-65-67-69-71-78(81)87-76(75-86-88(82,83)85-73-72-79(3,4)5)74-84-77(80)70-68-66-64-62-60-58-56-54-52-50-48-46-44-42-40-37-35-33-31-29-27-25-23-21-19-17-15-13-11-9-7-2/h24-27,76H,6-23,28-75H2,1-5H3/b26-24-,27-25-. The molecule has 0 aromatic rings. The monoisotopic (exact) mass is 1260 g/mol. The van der Waals surface area contributed by atoms with E-state index in [0.717, 1.165) is 32.1 Å². The van der Waals surface area contributed by atoms with E-state index in [2.05, 4.69) is 38.2 Å². The molecule has 0 aliphatic heterocycles. The van der Waals surface area contributed by atoms with Gasteiger partial charge in [-0.25, -0.2) is 0 Å². The highest BCUT2D eigenvalue weighted by Gasteiger charge is 2.22. The summed E-state index contributed by atoms with van der Waals surface area (Å²) in [7, 11) is 1.19. The Morgan fingerprint density at radius 1 is 0.341 bits per heavy atom. The third kappa shape index (κ3) is 73.5. The minimum absolute atomic E-state index is 0.0266. The largest absolute Gasteiger partial charge is 0.756 e. The summed E-state index contributed by atoms with van der Waals surface area (Å²) >= 11 is 0. The van der Waals surface area contributed by atoms with E-state index in [-0.39, 0.29) is 32.0 Å². The number of carbonyl (C=O) groups excluding carboxylic acids is 2. The summed E-state index contributed by atoms with van der Waals surface area (Å²) in [4.78, 5) is 38.1. The Kier molecular flexibility index (Phi) is 68.6. The second kappa shape index (κ2) is 69.8. The van der Waals surface area contributed by atoms with Gasteiger partial charge >= 0.3 is 11.9 Å². The highest BCUT2D eigenvalue weighted by molar-refractivity contribution is 7.45. The predicted molar refractivity (Wildman–Crippen MR) is 379 cm³/mol. The number of likely N-dealkylation sites (N-methyl/N-ethyl adjacent to an activating group) is 1. The summed E-state index contributed by atoms with van der Waals surface area (Å²) in [6.07, 6.45) is 88.7. The molecule has 0 rings (SSSR count). The molecule has 0 radical (unpaired) electrons. The molecule has 0 saturated carbocycles. The molecule has 0 fully saturated rings. The first-order chi connectivity index (χ1) is 43.0. The van der Waals surface area contributed by atoms with Gasteiger partial charge in [-0.2, -0.15) is 0 Å². The Morgan fingerprint density at radius 2 is 0.580 bits per heavy atom. The first-order valence-corrected chi connectivity index (χ1v) is 40.5. The number of ether oxygens (including phenoxy) is 2. The molecule has 0 heterocycles. The van der Waals surface area contributed by atoms with Crippen LogP contribution in [-0.2, 0) is 32.7 Å². The molecule has 10 heteroatoms. The molecule has 88 heavy (non-hydrogen) atoms. The van der Waals surface area contributed by atoms with Crippen molar-refractivity contribution in [3.63, 3.8) is 0 Å². The van der Waals surface area contributed by atoms with E-state index < -0.39 is 26.5 Å². The Hall–Kier alpha value is -1.51. The van der Waals surface area contributed by atoms with Gasteiger partial charge in [-0.05, 0) is 64.2 Å². The van der Waals surface area contributed by atoms with Crippen molar-refractivity contribution in [1.82, 2.24) is 0 Å². The molecular formula is C78H152NO8P. The van der Waals surface area contributed by atoms with E-state index in [4.69, 9.17) is 18.5 Å². The van der Waals surface area contributed by atoms with Gasteiger partial charge in [-0.3, -0.25) is 14.2 Å². The molecule has 0 N–H and O–H groups in total. The summed E-state index contributed by atoms with van der Waals surface area (Å²) in [6.45, 7) is 4.33. The van der Waals surface area contributed by atoms with E-state index in [9.17, 15) is 19.0 Å². The van der Waals surface area contributed by atoms with Crippen LogP contribution >= 0.6 is 7.82 Å². The number of allylic oxidation sites excluding steroid dienone is 4. The van der Waals surface area contributed by atoms with Gasteiger partial charge < -0.3 is 27.9 Å². The van der Waals surface area contributed by atoms with E-state index in [1.165, 1.54) is 347 Å². The highest BCUT2D eigenvalue weighted by atomic mass is 31.2. The van der Waals surface area contributed by atoms with Crippen LogP contribution in [0, 0.1) is 0 Å². The molecule has 0 amide bonds. The van der Waals surface area contributed by atoms with Gasteiger partial charge in [0.25, 0.3) is 7.82 Å². The number of hydrogen-bond donors (Lipinski definition) is 0. The number of nitrogens with zero attached hydrogens (tertiary/aromatic N) is 1. The van der Waals surface area contributed by atoms with Gasteiger partial charge in [0, 0.05) is 12.8 Å². The van der Waals surface area contributed by atoms with Crippen molar-refractivity contribution in [2.45, 2.75) is 418 Å². The van der Waals surface area contributed by atoms with Gasteiger partial charge in [0.1, 0.15) is 19.8 Å². The number of quaternary nitrogens is 1. The second-order valence-electron chi connectivity index (χ2n) is 28.1. The third-order valence-corrected chi connectivity index (χ3v) is 18.9. The van der Waals surface area contributed by atoms with Gasteiger partial charge in [0.15, 0.2) is 6.10 Å². The molecule has 0 aliphatic rings. The lowest BCUT2D eigenvalue weighted by Gasteiger charge is -2.28. The van der Waals surface area contributed by atoms with Crippen molar-refractivity contribution < 1.29 is 42.1 Å². The Morgan fingerprint density at radius 3 is 0.841 bits per heavy atom. The number of phosphoric ester groups is 1. The summed E-state index contributed by atoms with van der Waals surface area (Å²) in [5.74, 6) is -0.806. The molecule has 0 aliphatic carbocycles. The smallest absolute Gasteiger partial charge is 0.306 e. The molecule has 0 bridgehead atoms. The Bertz CT molecular complexity index is 1530. The van der Waals surface area contributed by atoms with E-state index in [0.29, 0.717) is 17.4 Å². The van der Waals surface area contributed by atoms with Crippen molar-refractivity contribution >= 4 is 19.8 Å². The zero-order valence-corrected chi connectivity index (χ0v) is 60.6. The van der Waals surface area contributed by atoms with Crippen LogP contribution < -0.4 is 4.89 Å². The van der Waals surface area contributed by atoms with Crippen molar-refractivity contribution in [3.8, 4) is 0 Å². The zero-order chi connectivity index (χ0) is 64.1. The third-order valence-electron chi connectivity index (χ3n) is 17.9. The number of carbonyl (C=O) groups is 2. The molecule has 0 spiro atoms. The molecule has 0 aromatic carbocycles. The Labute approximate surface area is 549 Å². The quantitative estimate of drug-likeness (QED) is 0.0195. The SMILES string of the molecule is CCCCCCCCCC/C=C\CCCCCCCCCCCCCCCCCCCCCCCC(=O)OC(COC(=O)CCCCCCCCCCCCCCCCCCCCC/C=C\CCCCCCCCCC)COP(=O)([O-])OCC[N+](C)(C)C. The van der Waals surface area contributed by atoms with Crippen LogP contribution in [0.5, 0.6) is 0 Å². The van der Waals surface area contributed by atoms with Gasteiger partial charge in [-0.15, -0.1) is 0 Å². The number of phosphoric acid groups is 1. The average molecular weight is 1260 g/mol. The normalized spacial score (nSPS) is 13.1. The minimum atomic E-state index is -4.64. The molecule has 0 aromatic heterocycles. The number of rotatable bonds is 74. The van der Waals surface area contributed by atoms with Crippen molar-refractivity contribution in [2.24, 2.45) is 0 Å². The van der Waals surface area contributed by atoms with Gasteiger partial charge in [0.05, 0.1) is 27.7 Å². The first kappa shape index (κ1) is 86.5. The molecule has 2 atom stereocenters. The number of hydrogen-bond acceptors (Lipinski definition) is 8. The summed E-state index contributed by atoms with van der Waals surface area (Å²) in [5, 5.41) is 0.